The smallest absolute Gasteiger partial charge is 0.240 e. The Kier molecular flexibility index (Phi) is 4.54. The maximum atomic E-state index is 12.8. The van der Waals surface area contributed by atoms with Crippen molar-refractivity contribution >= 4 is 10.0 Å². The number of likely N-dealkylation sites (tertiary alicyclic amines) is 1. The van der Waals surface area contributed by atoms with Gasteiger partial charge in [-0.2, -0.15) is 0 Å². The van der Waals surface area contributed by atoms with Gasteiger partial charge in [-0.25, -0.2) is 17.5 Å². The van der Waals surface area contributed by atoms with Gasteiger partial charge in [-0.1, -0.05) is 0 Å². The van der Waals surface area contributed by atoms with Crippen LogP contribution in [0.3, 0.4) is 0 Å². The Morgan fingerprint density at radius 3 is 2.63 bits per heavy atom. The molecule has 0 aliphatic carbocycles. The van der Waals surface area contributed by atoms with E-state index in [4.69, 9.17) is 0 Å². The Hall–Kier alpha value is -0.980. The lowest BCUT2D eigenvalue weighted by molar-refractivity contribution is 0.297. The van der Waals surface area contributed by atoms with E-state index >= 15 is 0 Å². The van der Waals surface area contributed by atoms with Crippen molar-refractivity contribution < 1.29 is 12.8 Å². The Bertz CT molecular complexity index is 516. The summed E-state index contributed by atoms with van der Waals surface area (Å²) in [5, 5.41) is 0. The molecule has 0 amide bonds. The molecule has 1 aliphatic rings. The number of nitrogens with one attached hydrogen (secondary N) is 1. The molecular formula is C13H19FN2O2S. The second-order valence-electron chi connectivity index (χ2n) is 4.92. The molecule has 1 aromatic carbocycles. The molecule has 1 atom stereocenters. The van der Waals surface area contributed by atoms with Crippen LogP contribution in [-0.2, 0) is 10.0 Å². The molecule has 0 bridgehead atoms. The summed E-state index contributed by atoms with van der Waals surface area (Å²) in [4.78, 5) is 2.36. The summed E-state index contributed by atoms with van der Waals surface area (Å²) in [6.07, 6.45) is 3.09. The fourth-order valence-corrected chi connectivity index (χ4v) is 3.45. The normalized spacial score (nSPS) is 20.8. The molecule has 2 rings (SSSR count). The summed E-state index contributed by atoms with van der Waals surface area (Å²) in [5.74, 6) is -0.438. The first-order chi connectivity index (χ1) is 8.99. The Morgan fingerprint density at radius 1 is 1.37 bits per heavy atom. The van der Waals surface area contributed by atoms with Crippen molar-refractivity contribution in [3.05, 3.63) is 30.1 Å². The van der Waals surface area contributed by atoms with Gasteiger partial charge in [-0.3, -0.25) is 0 Å². The summed E-state index contributed by atoms with van der Waals surface area (Å²) in [5.41, 5.74) is 0. The highest BCUT2D eigenvalue weighted by Gasteiger charge is 2.21. The highest BCUT2D eigenvalue weighted by molar-refractivity contribution is 7.89. The molecule has 1 heterocycles. The second-order valence-corrected chi connectivity index (χ2v) is 6.68. The van der Waals surface area contributed by atoms with Gasteiger partial charge in [0, 0.05) is 12.6 Å². The predicted molar refractivity (Wildman–Crippen MR) is 71.9 cm³/mol. The maximum absolute atomic E-state index is 12.8. The van der Waals surface area contributed by atoms with Crippen LogP contribution in [0.25, 0.3) is 0 Å². The third kappa shape index (κ3) is 3.75. The summed E-state index contributed by atoms with van der Waals surface area (Å²) in [7, 11) is -1.46. The lowest BCUT2D eigenvalue weighted by Crippen LogP contribution is -2.31. The molecule has 0 spiro atoms. The van der Waals surface area contributed by atoms with Crippen molar-refractivity contribution in [2.75, 3.05) is 20.1 Å². The maximum Gasteiger partial charge on any atom is 0.240 e. The van der Waals surface area contributed by atoms with Crippen LogP contribution in [-0.4, -0.2) is 39.5 Å². The number of hydrogen-bond donors (Lipinski definition) is 1. The number of benzene rings is 1. The standard InChI is InChI=1S/C13H19FN2O2S/c1-16-10-2-3-12(16)8-9-15-19(17,18)13-6-4-11(14)5-7-13/h4-7,12,15H,2-3,8-10H2,1H3. The van der Waals surface area contributed by atoms with Gasteiger partial charge in [0.25, 0.3) is 0 Å². The van der Waals surface area contributed by atoms with Crippen molar-refractivity contribution in [2.45, 2.75) is 30.2 Å². The average Bonchev–Trinajstić information content (AvgIpc) is 2.75. The molecular weight excluding hydrogens is 267 g/mol. The lowest BCUT2D eigenvalue weighted by atomic mass is 10.1. The van der Waals surface area contributed by atoms with Crippen molar-refractivity contribution in [1.29, 1.82) is 0 Å². The minimum absolute atomic E-state index is 0.105. The van der Waals surface area contributed by atoms with Crippen LogP contribution in [0.15, 0.2) is 29.2 Å². The van der Waals surface area contributed by atoms with Gasteiger partial charge in [0.2, 0.25) is 10.0 Å². The molecule has 6 heteroatoms. The Labute approximate surface area is 113 Å². The first kappa shape index (κ1) is 14.4. The second kappa shape index (κ2) is 5.98. The van der Waals surface area contributed by atoms with E-state index in [0.717, 1.165) is 31.5 Å². The SMILES string of the molecule is CN1CCCC1CCNS(=O)(=O)c1ccc(F)cc1. The summed E-state index contributed by atoms with van der Waals surface area (Å²) >= 11 is 0. The third-order valence-electron chi connectivity index (χ3n) is 3.57. The molecule has 1 aliphatic heterocycles. The zero-order chi connectivity index (χ0) is 13.9. The van der Waals surface area contributed by atoms with E-state index in [0.29, 0.717) is 12.6 Å². The van der Waals surface area contributed by atoms with Crippen LogP contribution < -0.4 is 4.72 Å². The van der Waals surface area contributed by atoms with Gasteiger partial charge in [0.1, 0.15) is 5.82 Å². The van der Waals surface area contributed by atoms with Crippen LogP contribution >= 0.6 is 0 Å². The zero-order valence-corrected chi connectivity index (χ0v) is 11.8. The highest BCUT2D eigenvalue weighted by Crippen LogP contribution is 2.17. The topological polar surface area (TPSA) is 49.4 Å². The number of sulfonamides is 1. The van der Waals surface area contributed by atoms with Crippen molar-refractivity contribution in [1.82, 2.24) is 9.62 Å². The molecule has 1 aromatic rings. The fraction of sp³-hybridized carbons (Fsp3) is 0.538. The molecule has 0 saturated carbocycles. The number of nitrogens with zero attached hydrogens (tertiary/aromatic N) is 1. The van der Waals surface area contributed by atoms with E-state index in [9.17, 15) is 12.8 Å². The van der Waals surface area contributed by atoms with Crippen LogP contribution in [0.4, 0.5) is 4.39 Å². The minimum atomic E-state index is -3.52. The van der Waals surface area contributed by atoms with Gasteiger partial charge >= 0.3 is 0 Å². The van der Waals surface area contributed by atoms with E-state index in [-0.39, 0.29) is 4.90 Å². The first-order valence-electron chi connectivity index (χ1n) is 6.44. The van der Waals surface area contributed by atoms with E-state index in [1.807, 2.05) is 0 Å². The molecule has 1 N–H and O–H groups in total. The minimum Gasteiger partial charge on any atom is -0.303 e. The van der Waals surface area contributed by atoms with E-state index < -0.39 is 15.8 Å². The number of halogens is 1. The molecule has 19 heavy (non-hydrogen) atoms. The lowest BCUT2D eigenvalue weighted by Gasteiger charge is -2.19. The van der Waals surface area contributed by atoms with Crippen LogP contribution in [0.1, 0.15) is 19.3 Å². The summed E-state index contributed by atoms with van der Waals surface area (Å²) in [6, 6.07) is 5.31. The quantitative estimate of drug-likeness (QED) is 0.894. The number of hydrogen-bond acceptors (Lipinski definition) is 3. The van der Waals surface area contributed by atoms with Gasteiger partial charge in [-0.15, -0.1) is 0 Å². The van der Waals surface area contributed by atoms with Crippen LogP contribution in [0.5, 0.6) is 0 Å². The zero-order valence-electron chi connectivity index (χ0n) is 11.0. The monoisotopic (exact) mass is 286 g/mol. The molecule has 0 radical (unpaired) electrons. The van der Waals surface area contributed by atoms with E-state index in [1.165, 1.54) is 18.6 Å². The molecule has 1 unspecified atom stereocenters. The summed E-state index contributed by atoms with van der Waals surface area (Å²) < 4.78 is 39.2. The van der Waals surface area contributed by atoms with Crippen LogP contribution in [0, 0.1) is 5.82 Å². The number of rotatable bonds is 5. The fourth-order valence-electron chi connectivity index (χ4n) is 2.40. The average molecular weight is 286 g/mol. The first-order valence-corrected chi connectivity index (χ1v) is 7.93. The highest BCUT2D eigenvalue weighted by atomic mass is 32.2. The van der Waals surface area contributed by atoms with Crippen molar-refractivity contribution in [3.63, 3.8) is 0 Å². The van der Waals surface area contributed by atoms with Gasteiger partial charge < -0.3 is 4.90 Å². The molecule has 0 aromatic heterocycles. The summed E-state index contributed by atoms with van der Waals surface area (Å²) in [6.45, 7) is 1.49. The Balaban J connectivity index is 1.89. The van der Waals surface area contributed by atoms with Crippen LogP contribution in [0.2, 0.25) is 0 Å². The third-order valence-corrected chi connectivity index (χ3v) is 5.04. The van der Waals surface area contributed by atoms with Crippen molar-refractivity contribution in [2.24, 2.45) is 0 Å². The predicted octanol–water partition coefficient (Wildman–Crippen LogP) is 1.59. The van der Waals surface area contributed by atoms with E-state index in [1.54, 1.807) is 0 Å². The molecule has 4 nitrogen and oxygen atoms in total. The Morgan fingerprint density at radius 2 is 2.05 bits per heavy atom. The van der Waals surface area contributed by atoms with Gasteiger partial charge in [-0.05, 0) is 57.1 Å². The molecule has 1 saturated heterocycles. The molecule has 106 valence electrons. The van der Waals surface area contributed by atoms with E-state index in [2.05, 4.69) is 16.7 Å². The van der Waals surface area contributed by atoms with Gasteiger partial charge in [0.05, 0.1) is 4.90 Å². The van der Waals surface area contributed by atoms with Gasteiger partial charge in [0.15, 0.2) is 0 Å². The largest absolute Gasteiger partial charge is 0.303 e. The molecule has 1 fully saturated rings. The van der Waals surface area contributed by atoms with Crippen molar-refractivity contribution in [3.8, 4) is 0 Å².